The first kappa shape index (κ1) is 12.0. The van der Waals surface area contributed by atoms with Gasteiger partial charge in [-0.2, -0.15) is 0 Å². The molecule has 6 heteroatoms. The van der Waals surface area contributed by atoms with Gasteiger partial charge in [-0.25, -0.2) is 0 Å². The molecular formula is C6H12N2O2S2. The fraction of sp³-hybridized carbons (Fsp3) is 0.667. The summed E-state index contributed by atoms with van der Waals surface area (Å²) < 4.78 is 0. The van der Waals surface area contributed by atoms with Crippen LogP contribution in [0.4, 0.5) is 0 Å². The molecule has 0 fully saturated rings. The molecule has 0 radical (unpaired) electrons. The van der Waals surface area contributed by atoms with Crippen LogP contribution in [-0.2, 0) is 9.59 Å². The predicted molar refractivity (Wildman–Crippen MR) is 52.5 cm³/mol. The van der Waals surface area contributed by atoms with E-state index in [0.29, 0.717) is 0 Å². The standard InChI is InChI=1S/C6H12N2O2S2/c1-3(7)5(9)11-12-6(10)4(2)8/h3-4H,7-8H2,1-2H3/t3-,4-/m0/s1. The fourth-order valence-corrected chi connectivity index (χ4v) is 2.11. The van der Waals surface area contributed by atoms with Crippen molar-refractivity contribution in [1.82, 2.24) is 0 Å². The summed E-state index contributed by atoms with van der Waals surface area (Å²) in [7, 11) is 1.69. The number of hydrogen-bond donors (Lipinski definition) is 2. The first-order valence-electron chi connectivity index (χ1n) is 3.38. The molecule has 70 valence electrons. The lowest BCUT2D eigenvalue weighted by atomic mass is 10.4. The maximum Gasteiger partial charge on any atom is 0.216 e. The Morgan fingerprint density at radius 1 is 1.00 bits per heavy atom. The number of carbonyl (C=O) groups excluding carboxylic acids is 2. The normalized spacial score (nSPS) is 15.3. The van der Waals surface area contributed by atoms with Gasteiger partial charge >= 0.3 is 0 Å². The van der Waals surface area contributed by atoms with Gasteiger partial charge in [0.05, 0.1) is 12.1 Å². The van der Waals surface area contributed by atoms with Gasteiger partial charge in [-0.15, -0.1) is 0 Å². The van der Waals surface area contributed by atoms with Crippen LogP contribution in [0.3, 0.4) is 0 Å². The van der Waals surface area contributed by atoms with Crippen LogP contribution in [0.1, 0.15) is 13.8 Å². The highest BCUT2D eigenvalue weighted by Crippen LogP contribution is 2.24. The zero-order chi connectivity index (χ0) is 9.72. The van der Waals surface area contributed by atoms with Gasteiger partial charge < -0.3 is 11.5 Å². The Labute approximate surface area is 79.2 Å². The average Bonchev–Trinajstić information content (AvgIpc) is 1.98. The summed E-state index contributed by atoms with van der Waals surface area (Å²) >= 11 is 0. The van der Waals surface area contributed by atoms with E-state index in [1.54, 1.807) is 13.8 Å². The quantitative estimate of drug-likeness (QED) is 0.627. The summed E-state index contributed by atoms with van der Waals surface area (Å²) in [6.07, 6.45) is 0. The molecule has 0 aromatic carbocycles. The molecule has 0 aliphatic heterocycles. The monoisotopic (exact) mass is 208 g/mol. The fourth-order valence-electron chi connectivity index (χ4n) is 0.234. The van der Waals surface area contributed by atoms with Gasteiger partial charge in [0.25, 0.3) is 0 Å². The third-order valence-corrected chi connectivity index (χ3v) is 3.34. The predicted octanol–water partition coefficient (Wildman–Crippen LogP) is 0.115. The molecule has 0 rings (SSSR count). The van der Waals surface area contributed by atoms with Gasteiger partial charge in [-0.1, -0.05) is 0 Å². The molecular weight excluding hydrogens is 196 g/mol. The van der Waals surface area contributed by atoms with Crippen molar-refractivity contribution in [3.63, 3.8) is 0 Å². The van der Waals surface area contributed by atoms with Crippen LogP contribution >= 0.6 is 21.6 Å². The highest BCUT2D eigenvalue weighted by atomic mass is 33.1. The number of carbonyl (C=O) groups is 2. The molecule has 0 aliphatic rings. The Morgan fingerprint density at radius 2 is 1.25 bits per heavy atom. The van der Waals surface area contributed by atoms with E-state index in [-0.39, 0.29) is 10.2 Å². The molecule has 0 saturated carbocycles. The Bertz CT molecular complexity index is 162. The van der Waals surface area contributed by atoms with Crippen molar-refractivity contribution < 1.29 is 9.59 Å². The molecule has 0 unspecified atom stereocenters. The van der Waals surface area contributed by atoms with Crippen molar-refractivity contribution in [1.29, 1.82) is 0 Å². The summed E-state index contributed by atoms with van der Waals surface area (Å²) in [6.45, 7) is 3.15. The zero-order valence-electron chi connectivity index (χ0n) is 6.94. The minimum atomic E-state index is -0.539. The molecule has 0 amide bonds. The van der Waals surface area contributed by atoms with Gasteiger partial charge in [0, 0.05) is 0 Å². The van der Waals surface area contributed by atoms with Crippen molar-refractivity contribution >= 4 is 31.8 Å². The highest BCUT2D eigenvalue weighted by molar-refractivity contribution is 8.87. The molecule has 0 heterocycles. The Hall–Kier alpha value is -0.0400. The van der Waals surface area contributed by atoms with Gasteiger partial charge in [0.2, 0.25) is 10.2 Å². The molecule has 4 N–H and O–H groups in total. The topological polar surface area (TPSA) is 86.2 Å². The largest absolute Gasteiger partial charge is 0.321 e. The van der Waals surface area contributed by atoms with Gasteiger partial charge in [-0.05, 0) is 35.4 Å². The van der Waals surface area contributed by atoms with Crippen LogP contribution in [-0.4, -0.2) is 22.3 Å². The van der Waals surface area contributed by atoms with E-state index in [0.717, 1.165) is 21.6 Å². The molecule has 4 nitrogen and oxygen atoms in total. The molecule has 0 aromatic rings. The smallest absolute Gasteiger partial charge is 0.216 e. The van der Waals surface area contributed by atoms with Crippen LogP contribution in [0.15, 0.2) is 0 Å². The Morgan fingerprint density at radius 3 is 1.42 bits per heavy atom. The van der Waals surface area contributed by atoms with Crippen LogP contribution in [0, 0.1) is 0 Å². The van der Waals surface area contributed by atoms with Crippen LogP contribution in [0.5, 0.6) is 0 Å². The zero-order valence-corrected chi connectivity index (χ0v) is 8.58. The van der Waals surface area contributed by atoms with Gasteiger partial charge in [-0.3, -0.25) is 9.59 Å². The maximum absolute atomic E-state index is 10.9. The van der Waals surface area contributed by atoms with Crippen LogP contribution in [0.2, 0.25) is 0 Å². The summed E-state index contributed by atoms with van der Waals surface area (Å²) in [5.41, 5.74) is 10.5. The van der Waals surface area contributed by atoms with E-state index in [1.807, 2.05) is 0 Å². The molecule has 12 heavy (non-hydrogen) atoms. The first-order valence-corrected chi connectivity index (χ1v) is 5.53. The van der Waals surface area contributed by atoms with Gasteiger partial charge in [0.15, 0.2) is 0 Å². The highest BCUT2D eigenvalue weighted by Gasteiger charge is 2.14. The van der Waals surface area contributed by atoms with E-state index in [4.69, 9.17) is 11.5 Å². The van der Waals surface area contributed by atoms with E-state index in [9.17, 15) is 9.59 Å². The van der Waals surface area contributed by atoms with Crippen LogP contribution < -0.4 is 11.5 Å². The second-order valence-corrected chi connectivity index (χ2v) is 4.52. The van der Waals surface area contributed by atoms with E-state index in [1.165, 1.54) is 0 Å². The Kier molecular flexibility index (Phi) is 5.56. The second kappa shape index (κ2) is 5.58. The van der Waals surface area contributed by atoms with Crippen molar-refractivity contribution in [2.75, 3.05) is 0 Å². The lowest BCUT2D eigenvalue weighted by Gasteiger charge is -2.03. The molecule has 0 bridgehead atoms. The van der Waals surface area contributed by atoms with E-state index >= 15 is 0 Å². The SMILES string of the molecule is C[C@H](N)C(=O)SSC(=O)[C@H](C)N. The summed E-state index contributed by atoms with van der Waals surface area (Å²) in [4.78, 5) is 21.8. The van der Waals surface area contributed by atoms with Crippen LogP contribution in [0.25, 0.3) is 0 Å². The lowest BCUT2D eigenvalue weighted by Crippen LogP contribution is -2.25. The second-order valence-electron chi connectivity index (χ2n) is 2.38. The van der Waals surface area contributed by atoms with Crippen molar-refractivity contribution in [3.05, 3.63) is 0 Å². The summed E-state index contributed by atoms with van der Waals surface area (Å²) in [6, 6.07) is -1.08. The van der Waals surface area contributed by atoms with Gasteiger partial charge in [0.1, 0.15) is 0 Å². The lowest BCUT2D eigenvalue weighted by molar-refractivity contribution is -0.112. The number of rotatable bonds is 2. The minimum absolute atomic E-state index is 0.214. The average molecular weight is 208 g/mol. The third-order valence-electron chi connectivity index (χ3n) is 0.950. The number of hydrogen-bond acceptors (Lipinski definition) is 6. The van der Waals surface area contributed by atoms with E-state index < -0.39 is 12.1 Å². The Balaban J connectivity index is 3.69. The van der Waals surface area contributed by atoms with Crippen molar-refractivity contribution in [2.24, 2.45) is 11.5 Å². The third kappa shape index (κ3) is 4.76. The first-order chi connectivity index (χ1) is 5.45. The molecule has 0 aliphatic carbocycles. The summed E-state index contributed by atoms with van der Waals surface area (Å²) in [5.74, 6) is 0. The molecule has 2 atom stereocenters. The van der Waals surface area contributed by atoms with Crippen molar-refractivity contribution in [3.8, 4) is 0 Å². The van der Waals surface area contributed by atoms with Crippen molar-refractivity contribution in [2.45, 2.75) is 25.9 Å². The molecule has 0 aromatic heterocycles. The maximum atomic E-state index is 10.9. The number of nitrogens with two attached hydrogens (primary N) is 2. The minimum Gasteiger partial charge on any atom is -0.321 e. The molecule has 0 spiro atoms. The van der Waals surface area contributed by atoms with E-state index in [2.05, 4.69) is 0 Å². The molecule has 0 saturated heterocycles. The summed E-state index contributed by atoms with van der Waals surface area (Å²) in [5, 5.41) is -0.428.